The molecule has 2 saturated heterocycles. The number of carboxylic acids is 1. The van der Waals surface area contributed by atoms with Crippen molar-refractivity contribution in [2.75, 3.05) is 18.1 Å². The maximum absolute atomic E-state index is 12.5. The minimum Gasteiger partial charge on any atom is -0.480 e. The number of fused-ring (bicyclic) bond motifs is 1. The highest BCUT2D eigenvalue weighted by molar-refractivity contribution is 8.00. The van der Waals surface area contributed by atoms with Crippen LogP contribution in [0.5, 0.6) is 0 Å². The Balaban J connectivity index is 1.62. The van der Waals surface area contributed by atoms with E-state index in [9.17, 15) is 29.4 Å². The number of esters is 1. The van der Waals surface area contributed by atoms with E-state index in [-0.39, 0.29) is 17.4 Å². The van der Waals surface area contributed by atoms with Gasteiger partial charge in [-0.2, -0.15) is 0 Å². The lowest BCUT2D eigenvalue weighted by Gasteiger charge is -2.56. The predicted molar refractivity (Wildman–Crippen MR) is 103 cm³/mol. The number of carboxylic acid groups (broad SMARTS) is 1. The monoisotopic (exact) mass is 441 g/mol. The normalized spacial score (nSPS) is 28.1. The van der Waals surface area contributed by atoms with Crippen LogP contribution < -0.4 is 5.32 Å². The smallest absolute Gasteiger partial charge is 0.329 e. The Labute approximate surface area is 174 Å². The molecule has 1 aromatic rings. The van der Waals surface area contributed by atoms with Gasteiger partial charge in [0, 0.05) is 30.0 Å². The molecule has 156 valence electrons. The molecule has 3 N–H and O–H groups in total. The number of amides is 2. The van der Waals surface area contributed by atoms with E-state index in [1.54, 1.807) is 24.5 Å². The first kappa shape index (κ1) is 21.4. The highest BCUT2D eigenvalue weighted by Gasteiger charge is 2.63. The number of nitrogens with one attached hydrogen (secondary N) is 1. The van der Waals surface area contributed by atoms with Crippen molar-refractivity contribution >= 4 is 47.3 Å². The lowest BCUT2D eigenvalue weighted by atomic mass is 9.90. The van der Waals surface area contributed by atoms with Gasteiger partial charge in [-0.15, -0.1) is 23.5 Å². The van der Waals surface area contributed by atoms with Crippen molar-refractivity contribution in [1.29, 1.82) is 0 Å². The third-order valence-electron chi connectivity index (χ3n) is 4.47. The Morgan fingerprint density at radius 3 is 2.72 bits per heavy atom. The van der Waals surface area contributed by atoms with Gasteiger partial charge >= 0.3 is 11.9 Å². The second kappa shape index (κ2) is 8.59. The summed E-state index contributed by atoms with van der Waals surface area (Å²) < 4.78 is 4.79. The first-order valence-electron chi connectivity index (χ1n) is 8.57. The Kier molecular flexibility index (Phi) is 6.34. The van der Waals surface area contributed by atoms with E-state index in [1.165, 1.54) is 11.8 Å². The number of hydrogen-bond donors (Lipinski definition) is 3. The molecule has 0 aliphatic carbocycles. The van der Waals surface area contributed by atoms with Crippen LogP contribution in [0.3, 0.4) is 0 Å². The molecule has 0 aromatic carbocycles. The molecule has 0 bridgehead atoms. The summed E-state index contributed by atoms with van der Waals surface area (Å²) in [5, 5.41) is 22.3. The largest absolute Gasteiger partial charge is 0.480 e. The number of thioether (sulfide) groups is 2. The molecule has 12 heteroatoms. The van der Waals surface area contributed by atoms with Crippen molar-refractivity contribution in [2.24, 2.45) is 0 Å². The molecule has 0 saturated carbocycles. The summed E-state index contributed by atoms with van der Waals surface area (Å²) in [7, 11) is 0. The molecule has 2 unspecified atom stereocenters. The minimum absolute atomic E-state index is 0.0656. The molecule has 3 rings (SSSR count). The number of carbonyl (C=O) groups excluding carboxylic acids is 3. The number of rotatable bonds is 7. The summed E-state index contributed by atoms with van der Waals surface area (Å²) in [5.74, 6) is -3.01. The standard InChI is InChI=1S/C17H19N3O7S2/c1-9(21)27-7-17(26)8-29-15-12(14(23)20(15)13(17)16(24)25)19-11(22)6-28-10-2-4-18-5-3-10/h2-5,12-13,15,26H,6-8H2,1H3,(H,19,22)(H,24,25)/t12-,13?,15-,17?/m1/s1. The fraction of sp³-hybridized carbons (Fsp3) is 0.471. The molecule has 3 heterocycles. The number of aliphatic hydroxyl groups is 1. The average molecular weight is 441 g/mol. The van der Waals surface area contributed by atoms with Crippen molar-refractivity contribution in [2.45, 2.75) is 34.9 Å². The van der Waals surface area contributed by atoms with Crippen LogP contribution in [-0.4, -0.2) is 85.0 Å². The molecule has 10 nitrogen and oxygen atoms in total. The zero-order valence-corrected chi connectivity index (χ0v) is 16.9. The quantitative estimate of drug-likeness (QED) is 0.283. The van der Waals surface area contributed by atoms with E-state index in [1.807, 2.05) is 0 Å². The number of aromatic nitrogens is 1. The van der Waals surface area contributed by atoms with Gasteiger partial charge in [0.2, 0.25) is 11.8 Å². The molecule has 0 radical (unpaired) electrons. The predicted octanol–water partition coefficient (Wildman–Crippen LogP) is -0.679. The number of carbonyl (C=O) groups is 4. The van der Waals surface area contributed by atoms with Crippen LogP contribution in [0.1, 0.15) is 6.92 Å². The number of pyridine rings is 1. The van der Waals surface area contributed by atoms with Gasteiger partial charge < -0.3 is 25.2 Å². The second-order valence-electron chi connectivity index (χ2n) is 6.59. The number of hydrogen-bond acceptors (Lipinski definition) is 9. The third-order valence-corrected chi connectivity index (χ3v) is 6.99. The van der Waals surface area contributed by atoms with Crippen molar-refractivity contribution in [3.63, 3.8) is 0 Å². The van der Waals surface area contributed by atoms with Gasteiger partial charge in [-0.25, -0.2) is 4.79 Å². The molecule has 2 amide bonds. The maximum atomic E-state index is 12.5. The van der Waals surface area contributed by atoms with Gasteiger partial charge in [0.15, 0.2) is 6.04 Å². The zero-order valence-electron chi connectivity index (χ0n) is 15.3. The fourth-order valence-corrected chi connectivity index (χ4v) is 5.29. The molecule has 2 aliphatic heterocycles. The Bertz CT molecular complexity index is 825. The summed E-state index contributed by atoms with van der Waals surface area (Å²) in [6.07, 6.45) is 3.21. The van der Waals surface area contributed by atoms with Crippen LogP contribution in [0.4, 0.5) is 0 Å². The van der Waals surface area contributed by atoms with E-state index >= 15 is 0 Å². The fourth-order valence-electron chi connectivity index (χ4n) is 3.13. The van der Waals surface area contributed by atoms with Crippen LogP contribution in [0.25, 0.3) is 0 Å². The number of β-lactam (4-membered cyclic amide) rings is 1. The summed E-state index contributed by atoms with van der Waals surface area (Å²) in [5.41, 5.74) is -1.92. The molecule has 1 aromatic heterocycles. The lowest BCUT2D eigenvalue weighted by molar-refractivity contribution is -0.182. The van der Waals surface area contributed by atoms with E-state index in [4.69, 9.17) is 4.74 Å². The van der Waals surface area contributed by atoms with Gasteiger partial charge in [0.05, 0.1) is 5.75 Å². The van der Waals surface area contributed by atoms with Crippen molar-refractivity contribution in [3.05, 3.63) is 24.5 Å². The van der Waals surface area contributed by atoms with Crippen molar-refractivity contribution in [1.82, 2.24) is 15.2 Å². The van der Waals surface area contributed by atoms with E-state index in [0.717, 1.165) is 28.5 Å². The summed E-state index contributed by atoms with van der Waals surface area (Å²) in [6, 6.07) is 1.07. The van der Waals surface area contributed by atoms with Crippen LogP contribution in [0, 0.1) is 0 Å². The maximum Gasteiger partial charge on any atom is 0.329 e. The molecule has 2 fully saturated rings. The molecule has 0 spiro atoms. The van der Waals surface area contributed by atoms with Gasteiger partial charge in [0.25, 0.3) is 0 Å². The minimum atomic E-state index is -1.92. The molecular weight excluding hydrogens is 422 g/mol. The molecule has 2 aliphatic rings. The SMILES string of the molecule is CC(=O)OCC1(O)CS[C@@H]2[C@H](NC(=O)CSc3ccncc3)C(=O)N2C1C(=O)O. The number of nitrogens with zero attached hydrogens (tertiary/aromatic N) is 2. The van der Waals surface area contributed by atoms with Crippen molar-refractivity contribution < 1.29 is 34.1 Å². The van der Waals surface area contributed by atoms with Gasteiger partial charge in [0.1, 0.15) is 23.6 Å². The summed E-state index contributed by atoms with van der Waals surface area (Å²) >= 11 is 2.42. The van der Waals surface area contributed by atoms with Gasteiger partial charge in [-0.05, 0) is 12.1 Å². The van der Waals surface area contributed by atoms with E-state index in [2.05, 4.69) is 10.3 Å². The van der Waals surface area contributed by atoms with Crippen LogP contribution in [-0.2, 0) is 23.9 Å². The first-order chi connectivity index (χ1) is 13.7. The summed E-state index contributed by atoms with van der Waals surface area (Å²) in [4.78, 5) is 53.3. The molecular formula is C17H19N3O7S2. The Morgan fingerprint density at radius 1 is 1.41 bits per heavy atom. The highest BCUT2D eigenvalue weighted by Crippen LogP contribution is 2.42. The van der Waals surface area contributed by atoms with Crippen LogP contribution in [0.2, 0.25) is 0 Å². The van der Waals surface area contributed by atoms with Gasteiger partial charge in [-0.3, -0.25) is 19.4 Å². The lowest BCUT2D eigenvalue weighted by Crippen LogP contribution is -2.80. The summed E-state index contributed by atoms with van der Waals surface area (Å²) in [6.45, 7) is 0.602. The van der Waals surface area contributed by atoms with Crippen molar-refractivity contribution in [3.8, 4) is 0 Å². The average Bonchev–Trinajstić information content (AvgIpc) is 2.69. The first-order valence-corrected chi connectivity index (χ1v) is 10.6. The molecule has 4 atom stereocenters. The van der Waals surface area contributed by atoms with Gasteiger partial charge in [-0.1, -0.05) is 0 Å². The number of ether oxygens (including phenoxy) is 1. The van der Waals surface area contributed by atoms with E-state index in [0.29, 0.717) is 0 Å². The topological polar surface area (TPSA) is 146 Å². The van der Waals surface area contributed by atoms with Crippen LogP contribution >= 0.6 is 23.5 Å². The second-order valence-corrected chi connectivity index (χ2v) is 8.74. The number of aliphatic carboxylic acids is 1. The van der Waals surface area contributed by atoms with E-state index < -0.39 is 47.5 Å². The Hall–Kier alpha value is -2.31. The van der Waals surface area contributed by atoms with Crippen LogP contribution in [0.15, 0.2) is 29.4 Å². The Morgan fingerprint density at radius 2 is 2.10 bits per heavy atom. The zero-order chi connectivity index (χ0) is 21.2. The highest BCUT2D eigenvalue weighted by atomic mass is 32.2. The third kappa shape index (κ3) is 4.49. The molecule has 29 heavy (non-hydrogen) atoms.